The number of para-hydroxylation sites is 1. The van der Waals surface area contributed by atoms with E-state index in [2.05, 4.69) is 35.2 Å². The minimum atomic E-state index is 0.176. The monoisotopic (exact) mass is 298 g/mol. The van der Waals surface area contributed by atoms with Gasteiger partial charge in [0.2, 0.25) is 0 Å². The van der Waals surface area contributed by atoms with Crippen LogP contribution in [-0.4, -0.2) is 26.8 Å². The van der Waals surface area contributed by atoms with Crippen LogP contribution in [-0.2, 0) is 13.0 Å². The van der Waals surface area contributed by atoms with Gasteiger partial charge in [-0.3, -0.25) is 0 Å². The van der Waals surface area contributed by atoms with E-state index >= 15 is 0 Å². The molecule has 1 heterocycles. The van der Waals surface area contributed by atoms with Crippen LogP contribution in [0, 0.1) is 0 Å². The van der Waals surface area contributed by atoms with Crippen molar-refractivity contribution in [2.75, 3.05) is 25.7 Å². The third-order valence-electron chi connectivity index (χ3n) is 4.09. The van der Waals surface area contributed by atoms with Crippen molar-refractivity contribution in [3.05, 3.63) is 53.6 Å². The highest BCUT2D eigenvalue weighted by molar-refractivity contribution is 5.57. The summed E-state index contributed by atoms with van der Waals surface area (Å²) in [6.07, 6.45) is 0.943. The topological polar surface area (TPSA) is 47.7 Å². The highest BCUT2D eigenvalue weighted by Gasteiger charge is 2.21. The zero-order valence-corrected chi connectivity index (χ0v) is 13.1. The summed E-state index contributed by atoms with van der Waals surface area (Å²) in [7, 11) is 3.31. The lowest BCUT2D eigenvalue weighted by atomic mass is 9.98. The fourth-order valence-electron chi connectivity index (χ4n) is 3.07. The Labute approximate surface area is 131 Å². The predicted octanol–water partition coefficient (Wildman–Crippen LogP) is 2.59. The second-order valence-electron chi connectivity index (χ2n) is 5.66. The van der Waals surface area contributed by atoms with Crippen LogP contribution in [0.25, 0.3) is 0 Å². The Kier molecular flexibility index (Phi) is 4.20. The van der Waals surface area contributed by atoms with Gasteiger partial charge in [-0.15, -0.1) is 0 Å². The van der Waals surface area contributed by atoms with Crippen molar-refractivity contribution < 1.29 is 9.47 Å². The van der Waals surface area contributed by atoms with Gasteiger partial charge in [0.05, 0.1) is 14.2 Å². The first-order valence-electron chi connectivity index (χ1n) is 7.50. The van der Waals surface area contributed by atoms with Crippen LogP contribution in [0.15, 0.2) is 42.5 Å². The molecule has 2 aromatic rings. The highest BCUT2D eigenvalue weighted by atomic mass is 16.5. The molecule has 0 saturated heterocycles. The number of hydrogen-bond acceptors (Lipinski definition) is 4. The first-order valence-corrected chi connectivity index (χ1v) is 7.50. The maximum Gasteiger partial charge on any atom is 0.161 e. The number of rotatable bonds is 4. The van der Waals surface area contributed by atoms with E-state index in [4.69, 9.17) is 15.2 Å². The Balaban J connectivity index is 1.87. The van der Waals surface area contributed by atoms with E-state index in [1.54, 1.807) is 14.2 Å². The second kappa shape index (κ2) is 6.28. The molecule has 0 bridgehead atoms. The Morgan fingerprint density at radius 1 is 1.09 bits per heavy atom. The fraction of sp³-hybridized carbons (Fsp3) is 0.333. The summed E-state index contributed by atoms with van der Waals surface area (Å²) in [5.74, 6) is 1.51. The van der Waals surface area contributed by atoms with Crippen molar-refractivity contribution in [3.8, 4) is 11.5 Å². The van der Waals surface area contributed by atoms with Gasteiger partial charge in [-0.05, 0) is 35.7 Å². The SMILES string of the molecule is COc1ccc(CN2CC(N)Cc3ccccc32)cc1OC. The molecule has 1 unspecified atom stereocenters. The summed E-state index contributed by atoms with van der Waals surface area (Å²) < 4.78 is 10.7. The van der Waals surface area contributed by atoms with Crippen LogP contribution in [0.4, 0.5) is 5.69 Å². The molecule has 0 radical (unpaired) electrons. The standard InChI is InChI=1S/C18H22N2O2/c1-21-17-8-7-13(9-18(17)22-2)11-20-12-15(19)10-14-5-3-4-6-16(14)20/h3-9,15H,10-12,19H2,1-2H3. The smallest absolute Gasteiger partial charge is 0.161 e. The lowest BCUT2D eigenvalue weighted by Crippen LogP contribution is -2.42. The van der Waals surface area contributed by atoms with E-state index in [0.29, 0.717) is 0 Å². The van der Waals surface area contributed by atoms with Gasteiger partial charge < -0.3 is 20.1 Å². The van der Waals surface area contributed by atoms with Crippen LogP contribution in [0.2, 0.25) is 0 Å². The van der Waals surface area contributed by atoms with E-state index in [1.165, 1.54) is 16.8 Å². The van der Waals surface area contributed by atoms with Crippen molar-refractivity contribution in [2.24, 2.45) is 5.73 Å². The Morgan fingerprint density at radius 3 is 2.64 bits per heavy atom. The van der Waals surface area contributed by atoms with Crippen molar-refractivity contribution in [2.45, 2.75) is 19.0 Å². The summed E-state index contributed by atoms with van der Waals surface area (Å²) in [6.45, 7) is 1.68. The van der Waals surface area contributed by atoms with Crippen molar-refractivity contribution in [3.63, 3.8) is 0 Å². The summed E-state index contributed by atoms with van der Waals surface area (Å²) in [5.41, 5.74) is 9.99. The minimum absolute atomic E-state index is 0.176. The number of benzene rings is 2. The van der Waals surface area contributed by atoms with Gasteiger partial charge >= 0.3 is 0 Å². The number of nitrogens with zero attached hydrogens (tertiary/aromatic N) is 1. The van der Waals surface area contributed by atoms with Gasteiger partial charge in [0.1, 0.15) is 0 Å². The number of hydrogen-bond donors (Lipinski definition) is 1. The normalized spacial score (nSPS) is 17.0. The highest BCUT2D eigenvalue weighted by Crippen LogP contribution is 2.31. The lowest BCUT2D eigenvalue weighted by molar-refractivity contribution is 0.354. The summed E-state index contributed by atoms with van der Waals surface area (Å²) in [5, 5.41) is 0. The summed E-state index contributed by atoms with van der Waals surface area (Å²) >= 11 is 0. The van der Waals surface area contributed by atoms with Crippen LogP contribution >= 0.6 is 0 Å². The first-order chi connectivity index (χ1) is 10.7. The number of fused-ring (bicyclic) bond motifs is 1. The van der Waals surface area contributed by atoms with E-state index in [9.17, 15) is 0 Å². The molecule has 116 valence electrons. The van der Waals surface area contributed by atoms with Gasteiger partial charge in [0.25, 0.3) is 0 Å². The molecule has 4 nitrogen and oxygen atoms in total. The molecule has 22 heavy (non-hydrogen) atoms. The molecule has 1 aliphatic heterocycles. The van der Waals surface area contributed by atoms with Crippen molar-refractivity contribution in [1.29, 1.82) is 0 Å². The molecular formula is C18H22N2O2. The van der Waals surface area contributed by atoms with E-state index in [1.807, 2.05) is 12.1 Å². The zero-order valence-electron chi connectivity index (χ0n) is 13.1. The molecule has 2 aromatic carbocycles. The molecule has 4 heteroatoms. The van der Waals surface area contributed by atoms with Crippen LogP contribution in [0.5, 0.6) is 11.5 Å². The summed E-state index contributed by atoms with van der Waals surface area (Å²) in [4.78, 5) is 2.34. The van der Waals surface area contributed by atoms with E-state index in [-0.39, 0.29) is 6.04 Å². The predicted molar refractivity (Wildman–Crippen MR) is 88.7 cm³/mol. The number of anilines is 1. The minimum Gasteiger partial charge on any atom is -0.493 e. The molecule has 0 aromatic heterocycles. The number of ether oxygens (including phenoxy) is 2. The van der Waals surface area contributed by atoms with Crippen LogP contribution in [0.1, 0.15) is 11.1 Å². The van der Waals surface area contributed by atoms with Gasteiger partial charge in [0.15, 0.2) is 11.5 Å². The third-order valence-corrected chi connectivity index (χ3v) is 4.09. The van der Waals surface area contributed by atoms with Crippen LogP contribution < -0.4 is 20.1 Å². The van der Waals surface area contributed by atoms with Gasteiger partial charge in [-0.2, -0.15) is 0 Å². The number of methoxy groups -OCH3 is 2. The van der Waals surface area contributed by atoms with Gasteiger partial charge in [-0.25, -0.2) is 0 Å². The molecule has 2 N–H and O–H groups in total. The Bertz CT molecular complexity index is 657. The third kappa shape index (κ3) is 2.88. The first kappa shape index (κ1) is 14.7. The molecule has 1 aliphatic rings. The zero-order chi connectivity index (χ0) is 15.5. The molecule has 0 fully saturated rings. The van der Waals surface area contributed by atoms with Crippen molar-refractivity contribution in [1.82, 2.24) is 0 Å². The molecule has 0 spiro atoms. The number of nitrogens with two attached hydrogens (primary N) is 1. The maximum absolute atomic E-state index is 6.21. The molecule has 0 aliphatic carbocycles. The quantitative estimate of drug-likeness (QED) is 0.942. The molecule has 1 atom stereocenters. The fourth-order valence-corrected chi connectivity index (χ4v) is 3.07. The molecule has 3 rings (SSSR count). The lowest BCUT2D eigenvalue weighted by Gasteiger charge is -2.34. The average molecular weight is 298 g/mol. The van der Waals surface area contributed by atoms with Gasteiger partial charge in [-0.1, -0.05) is 24.3 Å². The average Bonchev–Trinajstić information content (AvgIpc) is 2.54. The summed E-state index contributed by atoms with van der Waals surface area (Å²) in [6, 6.07) is 14.7. The Hall–Kier alpha value is -2.20. The second-order valence-corrected chi connectivity index (χ2v) is 5.66. The largest absolute Gasteiger partial charge is 0.493 e. The molecule has 0 amide bonds. The molecule has 0 saturated carbocycles. The van der Waals surface area contributed by atoms with Gasteiger partial charge in [0, 0.05) is 24.8 Å². The van der Waals surface area contributed by atoms with E-state index < -0.39 is 0 Å². The molecular weight excluding hydrogens is 276 g/mol. The maximum atomic E-state index is 6.21. The van der Waals surface area contributed by atoms with Crippen LogP contribution in [0.3, 0.4) is 0 Å². The van der Waals surface area contributed by atoms with E-state index in [0.717, 1.165) is 31.0 Å². The van der Waals surface area contributed by atoms with Crippen molar-refractivity contribution >= 4 is 5.69 Å². The Morgan fingerprint density at radius 2 is 1.86 bits per heavy atom.